The Labute approximate surface area is 129 Å². The number of imidazole rings is 1. The normalized spacial score (nSPS) is 12.8. The summed E-state index contributed by atoms with van der Waals surface area (Å²) in [6.45, 7) is 1.94. The molecule has 0 amide bonds. The highest BCUT2D eigenvalue weighted by molar-refractivity contribution is 9.10. The van der Waals surface area contributed by atoms with Gasteiger partial charge in [0.1, 0.15) is 5.82 Å². The third kappa shape index (κ3) is 2.34. The Morgan fingerprint density at radius 1 is 1.25 bits per heavy atom. The minimum atomic E-state index is -0.304. The van der Waals surface area contributed by atoms with E-state index < -0.39 is 0 Å². The lowest BCUT2D eigenvalue weighted by atomic mass is 10.1. The molecule has 0 radical (unpaired) electrons. The van der Waals surface area contributed by atoms with Gasteiger partial charge in [-0.25, -0.2) is 9.37 Å². The lowest BCUT2D eigenvalue weighted by molar-refractivity contribution is 0.564. The molecule has 3 aromatic rings. The molecule has 3 rings (SSSR count). The number of benzene rings is 2. The quantitative estimate of drug-likeness (QED) is 0.619. The fourth-order valence-electron chi connectivity index (χ4n) is 2.30. The van der Waals surface area contributed by atoms with Gasteiger partial charge < -0.3 is 4.57 Å². The first kappa shape index (κ1) is 13.6. The molecule has 2 nitrogen and oxygen atoms in total. The first-order valence-corrected chi connectivity index (χ1v) is 7.30. The Bertz CT molecular complexity index is 785. The maximum atomic E-state index is 14.0. The van der Waals surface area contributed by atoms with E-state index in [0.717, 1.165) is 15.5 Å². The summed E-state index contributed by atoms with van der Waals surface area (Å²) < 4.78 is 17.0. The van der Waals surface area contributed by atoms with E-state index in [1.165, 1.54) is 6.07 Å². The number of aromatic nitrogens is 2. The maximum absolute atomic E-state index is 14.0. The molecule has 0 fully saturated rings. The summed E-state index contributed by atoms with van der Waals surface area (Å²) in [5, 5.41) is 0.400. The van der Waals surface area contributed by atoms with Gasteiger partial charge >= 0.3 is 0 Å². The standard InChI is InChI=1S/C15H11BrClFN2/c1-9(12-4-3-11(17)7-13(12)18)20-8-19-14-5-2-10(16)6-15(14)20/h2-9H,1H3. The van der Waals surface area contributed by atoms with Crippen LogP contribution >= 0.6 is 27.5 Å². The zero-order chi connectivity index (χ0) is 14.3. The Morgan fingerprint density at radius 2 is 2.05 bits per heavy atom. The van der Waals surface area contributed by atoms with Crippen LogP contribution in [0.3, 0.4) is 0 Å². The molecular weight excluding hydrogens is 343 g/mol. The Morgan fingerprint density at radius 3 is 2.80 bits per heavy atom. The molecule has 20 heavy (non-hydrogen) atoms. The van der Waals surface area contributed by atoms with Crippen LogP contribution in [-0.4, -0.2) is 9.55 Å². The average molecular weight is 354 g/mol. The van der Waals surface area contributed by atoms with Gasteiger partial charge in [0.25, 0.3) is 0 Å². The van der Waals surface area contributed by atoms with E-state index in [1.807, 2.05) is 29.7 Å². The van der Waals surface area contributed by atoms with Crippen molar-refractivity contribution < 1.29 is 4.39 Å². The van der Waals surface area contributed by atoms with E-state index in [0.29, 0.717) is 10.6 Å². The van der Waals surface area contributed by atoms with Crippen LogP contribution in [0.2, 0.25) is 5.02 Å². The van der Waals surface area contributed by atoms with Crippen LogP contribution in [0, 0.1) is 5.82 Å². The first-order chi connectivity index (χ1) is 9.56. The first-order valence-electron chi connectivity index (χ1n) is 6.13. The topological polar surface area (TPSA) is 17.8 Å². The highest BCUT2D eigenvalue weighted by Crippen LogP contribution is 2.28. The van der Waals surface area contributed by atoms with Crippen molar-refractivity contribution in [3.05, 3.63) is 63.6 Å². The monoisotopic (exact) mass is 352 g/mol. The number of fused-ring (bicyclic) bond motifs is 1. The molecule has 0 aliphatic heterocycles. The van der Waals surface area contributed by atoms with E-state index in [2.05, 4.69) is 20.9 Å². The minimum absolute atomic E-state index is 0.161. The van der Waals surface area contributed by atoms with Crippen molar-refractivity contribution in [1.29, 1.82) is 0 Å². The highest BCUT2D eigenvalue weighted by atomic mass is 79.9. The largest absolute Gasteiger partial charge is 0.323 e. The molecule has 1 heterocycles. The highest BCUT2D eigenvalue weighted by Gasteiger charge is 2.15. The predicted molar refractivity (Wildman–Crippen MR) is 82.7 cm³/mol. The maximum Gasteiger partial charge on any atom is 0.129 e. The van der Waals surface area contributed by atoms with Crippen molar-refractivity contribution in [2.45, 2.75) is 13.0 Å². The van der Waals surface area contributed by atoms with E-state index >= 15 is 0 Å². The van der Waals surface area contributed by atoms with Crippen LogP contribution in [0.5, 0.6) is 0 Å². The SMILES string of the molecule is CC(c1ccc(Cl)cc1F)n1cnc2ccc(Br)cc21. The average Bonchev–Trinajstić information content (AvgIpc) is 2.81. The summed E-state index contributed by atoms with van der Waals surface area (Å²) in [6, 6.07) is 10.4. The summed E-state index contributed by atoms with van der Waals surface area (Å²) >= 11 is 9.25. The van der Waals surface area contributed by atoms with Gasteiger partial charge in [-0.15, -0.1) is 0 Å². The number of halogens is 3. The molecule has 5 heteroatoms. The van der Waals surface area contributed by atoms with Crippen LogP contribution in [0.1, 0.15) is 18.5 Å². The van der Waals surface area contributed by atoms with E-state index in [-0.39, 0.29) is 11.9 Å². The van der Waals surface area contributed by atoms with Crippen molar-refractivity contribution in [3.63, 3.8) is 0 Å². The van der Waals surface area contributed by atoms with Crippen LogP contribution in [0.4, 0.5) is 4.39 Å². The lowest BCUT2D eigenvalue weighted by Gasteiger charge is -2.16. The molecule has 0 bridgehead atoms. The van der Waals surface area contributed by atoms with Gasteiger partial charge in [0.05, 0.1) is 23.4 Å². The van der Waals surface area contributed by atoms with E-state index in [9.17, 15) is 4.39 Å². The van der Waals surface area contributed by atoms with Crippen molar-refractivity contribution >= 4 is 38.6 Å². The van der Waals surface area contributed by atoms with Crippen LogP contribution in [-0.2, 0) is 0 Å². The Balaban J connectivity index is 2.12. The molecule has 0 spiro atoms. The molecule has 0 aliphatic carbocycles. The van der Waals surface area contributed by atoms with Crippen LogP contribution in [0.25, 0.3) is 11.0 Å². The summed E-state index contributed by atoms with van der Waals surface area (Å²) in [5.41, 5.74) is 2.43. The number of hydrogen-bond acceptors (Lipinski definition) is 1. The second kappa shape index (κ2) is 5.19. The molecule has 1 unspecified atom stereocenters. The smallest absolute Gasteiger partial charge is 0.129 e. The molecule has 2 aromatic carbocycles. The van der Waals surface area contributed by atoms with E-state index in [4.69, 9.17) is 11.6 Å². The number of rotatable bonds is 2. The minimum Gasteiger partial charge on any atom is -0.323 e. The molecular formula is C15H11BrClFN2. The lowest BCUT2D eigenvalue weighted by Crippen LogP contribution is -2.07. The van der Waals surface area contributed by atoms with Crippen LogP contribution in [0.15, 0.2) is 47.2 Å². The van der Waals surface area contributed by atoms with Gasteiger partial charge in [0.15, 0.2) is 0 Å². The zero-order valence-corrected chi connectivity index (χ0v) is 13.0. The van der Waals surface area contributed by atoms with Crippen molar-refractivity contribution in [2.24, 2.45) is 0 Å². The molecule has 0 N–H and O–H groups in total. The number of hydrogen-bond donors (Lipinski definition) is 0. The third-order valence-corrected chi connectivity index (χ3v) is 4.10. The molecule has 102 valence electrons. The predicted octanol–water partition coefficient (Wildman–Crippen LogP) is 5.20. The molecule has 0 saturated carbocycles. The second-order valence-corrected chi connectivity index (χ2v) is 5.98. The van der Waals surface area contributed by atoms with Crippen molar-refractivity contribution in [3.8, 4) is 0 Å². The Kier molecular flexibility index (Phi) is 3.52. The molecule has 0 saturated heterocycles. The number of nitrogens with zero attached hydrogens (tertiary/aromatic N) is 2. The molecule has 1 aromatic heterocycles. The van der Waals surface area contributed by atoms with Gasteiger partial charge in [-0.2, -0.15) is 0 Å². The summed E-state index contributed by atoms with van der Waals surface area (Å²) in [4.78, 5) is 4.35. The fraction of sp³-hybridized carbons (Fsp3) is 0.133. The summed E-state index contributed by atoms with van der Waals surface area (Å²) in [5.74, 6) is -0.304. The zero-order valence-electron chi connectivity index (χ0n) is 10.6. The summed E-state index contributed by atoms with van der Waals surface area (Å²) in [6.07, 6.45) is 1.73. The molecule has 1 atom stereocenters. The third-order valence-electron chi connectivity index (χ3n) is 3.37. The second-order valence-electron chi connectivity index (χ2n) is 4.63. The van der Waals surface area contributed by atoms with Crippen molar-refractivity contribution in [1.82, 2.24) is 9.55 Å². The Hall–Kier alpha value is -1.39. The fourth-order valence-corrected chi connectivity index (χ4v) is 2.81. The van der Waals surface area contributed by atoms with Crippen LogP contribution < -0.4 is 0 Å². The van der Waals surface area contributed by atoms with Gasteiger partial charge in [0.2, 0.25) is 0 Å². The van der Waals surface area contributed by atoms with Gasteiger partial charge in [-0.05, 0) is 37.3 Å². The summed E-state index contributed by atoms with van der Waals surface area (Å²) in [7, 11) is 0. The molecule has 0 aliphatic rings. The van der Waals surface area contributed by atoms with Gasteiger partial charge in [-0.3, -0.25) is 0 Å². The van der Waals surface area contributed by atoms with Gasteiger partial charge in [-0.1, -0.05) is 33.6 Å². The van der Waals surface area contributed by atoms with Gasteiger partial charge in [0, 0.05) is 15.1 Å². The van der Waals surface area contributed by atoms with E-state index in [1.54, 1.807) is 18.5 Å². The van der Waals surface area contributed by atoms with Crippen molar-refractivity contribution in [2.75, 3.05) is 0 Å².